The van der Waals surface area contributed by atoms with E-state index >= 15 is 0 Å². The van der Waals surface area contributed by atoms with E-state index in [1.807, 2.05) is 53.4 Å². The largest absolute Gasteiger partial charge is 0.490 e. The molecule has 0 bridgehead atoms. The van der Waals surface area contributed by atoms with Crippen LogP contribution in [0, 0.1) is 0 Å². The van der Waals surface area contributed by atoms with Gasteiger partial charge in [-0.2, -0.15) is 18.3 Å². The number of rotatable bonds is 6. The highest BCUT2D eigenvalue weighted by atomic mass is 35.5. The van der Waals surface area contributed by atoms with Crippen molar-refractivity contribution in [2.75, 3.05) is 26.2 Å². The second-order valence-electron chi connectivity index (χ2n) is 10.3. The third-order valence-corrected chi connectivity index (χ3v) is 7.65. The highest BCUT2D eigenvalue weighted by Crippen LogP contribution is 2.22. The number of piperidine rings is 1. The Bertz CT molecular complexity index is 1420. The molecule has 3 aromatic rings. The molecule has 2 fully saturated rings. The van der Waals surface area contributed by atoms with Gasteiger partial charge in [0.15, 0.2) is 0 Å². The van der Waals surface area contributed by atoms with Crippen molar-refractivity contribution >= 4 is 34.2 Å². The minimum Gasteiger partial charge on any atom is -0.475 e. The molecule has 1 aromatic heterocycles. The first-order chi connectivity index (χ1) is 19.5. The molecule has 3 heterocycles. The lowest BCUT2D eigenvalue weighted by Gasteiger charge is -2.30. The van der Waals surface area contributed by atoms with E-state index in [1.165, 1.54) is 6.42 Å². The van der Waals surface area contributed by atoms with Gasteiger partial charge in [0.25, 0.3) is 5.56 Å². The summed E-state index contributed by atoms with van der Waals surface area (Å²) < 4.78 is 33.4. The third kappa shape index (κ3) is 8.07. The molecule has 0 spiro atoms. The number of amides is 1. The number of alkyl halides is 3. The van der Waals surface area contributed by atoms with E-state index in [0.29, 0.717) is 29.9 Å². The van der Waals surface area contributed by atoms with Crippen LogP contribution < -0.4 is 5.56 Å². The van der Waals surface area contributed by atoms with E-state index in [1.54, 1.807) is 4.68 Å². The third-order valence-electron chi connectivity index (χ3n) is 7.40. The molecule has 5 rings (SSSR count). The number of carbonyl (C=O) groups excluding carboxylic acids is 1. The zero-order chi connectivity index (χ0) is 29.6. The Morgan fingerprint density at radius 3 is 2.22 bits per heavy atom. The Hall–Kier alpha value is -3.44. The fourth-order valence-corrected chi connectivity index (χ4v) is 5.41. The summed E-state index contributed by atoms with van der Waals surface area (Å²) in [5.41, 5.74) is 1.91. The first kappa shape index (κ1) is 30.5. The van der Waals surface area contributed by atoms with Crippen molar-refractivity contribution in [1.29, 1.82) is 0 Å². The van der Waals surface area contributed by atoms with Gasteiger partial charge in [0.1, 0.15) is 0 Å². The molecule has 2 saturated heterocycles. The maximum atomic E-state index is 13.3. The molecule has 220 valence electrons. The number of benzene rings is 2. The Kier molecular flexibility index (Phi) is 10.0. The van der Waals surface area contributed by atoms with E-state index in [2.05, 4.69) is 4.90 Å². The summed E-state index contributed by atoms with van der Waals surface area (Å²) in [5, 5.41) is 14.2. The number of carboxylic acid groups (broad SMARTS) is 1. The van der Waals surface area contributed by atoms with Crippen LogP contribution in [0.2, 0.25) is 5.02 Å². The fraction of sp³-hybridized carbons (Fsp3) is 0.448. The molecule has 1 atom stereocenters. The van der Waals surface area contributed by atoms with Crippen LogP contribution in [0.15, 0.2) is 53.3 Å². The number of aliphatic carboxylic acids is 1. The monoisotopic (exact) mass is 592 g/mol. The van der Waals surface area contributed by atoms with E-state index in [-0.39, 0.29) is 17.5 Å². The van der Waals surface area contributed by atoms with Crippen molar-refractivity contribution in [3.8, 4) is 0 Å². The number of likely N-dealkylation sites (tertiary alicyclic amines) is 2. The number of fused-ring (bicyclic) bond motifs is 1. The summed E-state index contributed by atoms with van der Waals surface area (Å²) in [6.07, 6.45) is 0.966. The van der Waals surface area contributed by atoms with Crippen LogP contribution in [0.25, 0.3) is 10.8 Å². The lowest BCUT2D eigenvalue weighted by Crippen LogP contribution is -2.45. The second-order valence-corrected chi connectivity index (χ2v) is 10.7. The smallest absolute Gasteiger partial charge is 0.475 e. The standard InChI is InChI=1S/C27H31ClN4O2.C2HF3O2/c28-21-12-10-20(11-13-21)17-25-23-8-2-3-9-24(23)27(34)32(29-25)18-22-7-6-16-31(22)19-26(33)30-14-4-1-5-15-30;3-2(4,5)1(6)7/h2-3,8-13,22H,1,4-7,14-19H2;(H,6,7). The summed E-state index contributed by atoms with van der Waals surface area (Å²) in [6.45, 7) is 3.58. The maximum Gasteiger partial charge on any atom is 0.490 e. The van der Waals surface area contributed by atoms with Gasteiger partial charge in [-0.1, -0.05) is 41.9 Å². The first-order valence-corrected chi connectivity index (χ1v) is 14.0. The molecule has 0 radical (unpaired) electrons. The van der Waals surface area contributed by atoms with Gasteiger partial charge in [0, 0.05) is 36.0 Å². The van der Waals surface area contributed by atoms with Gasteiger partial charge in [-0.25, -0.2) is 9.48 Å². The molecule has 2 aliphatic heterocycles. The molecule has 0 aliphatic carbocycles. The molecule has 0 saturated carbocycles. The molecule has 1 unspecified atom stereocenters. The Morgan fingerprint density at radius 1 is 0.951 bits per heavy atom. The molecule has 8 nitrogen and oxygen atoms in total. The Labute approximate surface area is 240 Å². The molecular formula is C29H32ClF3N4O4. The molecule has 41 heavy (non-hydrogen) atoms. The number of hydrogen-bond donors (Lipinski definition) is 1. The van der Waals surface area contributed by atoms with Gasteiger partial charge < -0.3 is 10.0 Å². The number of hydrogen-bond acceptors (Lipinski definition) is 5. The fourth-order valence-electron chi connectivity index (χ4n) is 5.28. The topological polar surface area (TPSA) is 95.7 Å². The number of carbonyl (C=O) groups is 2. The summed E-state index contributed by atoms with van der Waals surface area (Å²) in [7, 11) is 0. The predicted molar refractivity (Wildman–Crippen MR) is 149 cm³/mol. The van der Waals surface area contributed by atoms with Crippen molar-refractivity contribution in [3.05, 3.63) is 75.2 Å². The highest BCUT2D eigenvalue weighted by molar-refractivity contribution is 6.30. The lowest BCUT2D eigenvalue weighted by atomic mass is 10.0. The van der Waals surface area contributed by atoms with E-state index in [0.717, 1.165) is 62.0 Å². The molecular weight excluding hydrogens is 561 g/mol. The zero-order valence-electron chi connectivity index (χ0n) is 22.4. The Balaban J connectivity index is 0.000000493. The normalized spacial score (nSPS) is 17.8. The summed E-state index contributed by atoms with van der Waals surface area (Å²) in [6, 6.07) is 15.6. The summed E-state index contributed by atoms with van der Waals surface area (Å²) in [4.78, 5) is 39.3. The summed E-state index contributed by atoms with van der Waals surface area (Å²) >= 11 is 6.06. The second kappa shape index (κ2) is 13.5. The zero-order valence-corrected chi connectivity index (χ0v) is 23.2. The minimum absolute atomic E-state index is 0.0651. The average molecular weight is 593 g/mol. The van der Waals surface area contributed by atoms with Crippen LogP contribution in [-0.2, 0) is 22.6 Å². The van der Waals surface area contributed by atoms with Gasteiger partial charge in [-0.3, -0.25) is 14.5 Å². The Morgan fingerprint density at radius 2 is 1.59 bits per heavy atom. The van der Waals surface area contributed by atoms with Gasteiger partial charge >= 0.3 is 12.1 Å². The van der Waals surface area contributed by atoms with Gasteiger partial charge in [-0.05, 0) is 62.4 Å². The molecule has 12 heteroatoms. The number of carboxylic acids is 1. The van der Waals surface area contributed by atoms with Crippen LogP contribution in [0.3, 0.4) is 0 Å². The van der Waals surface area contributed by atoms with E-state index in [9.17, 15) is 22.8 Å². The molecule has 1 amide bonds. The van der Waals surface area contributed by atoms with Crippen LogP contribution in [-0.4, -0.2) is 75.0 Å². The van der Waals surface area contributed by atoms with Crippen LogP contribution in [0.1, 0.15) is 43.4 Å². The molecule has 1 N–H and O–H groups in total. The number of aromatic nitrogens is 2. The van der Waals surface area contributed by atoms with E-state index < -0.39 is 12.1 Å². The molecule has 2 aromatic carbocycles. The first-order valence-electron chi connectivity index (χ1n) is 13.6. The van der Waals surface area contributed by atoms with Gasteiger partial charge in [0.2, 0.25) is 5.91 Å². The quantitative estimate of drug-likeness (QED) is 0.444. The van der Waals surface area contributed by atoms with Crippen molar-refractivity contribution in [1.82, 2.24) is 19.6 Å². The van der Waals surface area contributed by atoms with Crippen molar-refractivity contribution in [3.63, 3.8) is 0 Å². The predicted octanol–water partition coefficient (Wildman–Crippen LogP) is 4.75. The molecule has 2 aliphatic rings. The van der Waals surface area contributed by atoms with E-state index in [4.69, 9.17) is 26.6 Å². The van der Waals surface area contributed by atoms with Crippen LogP contribution in [0.5, 0.6) is 0 Å². The van der Waals surface area contributed by atoms with Gasteiger partial charge in [-0.15, -0.1) is 0 Å². The van der Waals surface area contributed by atoms with Gasteiger partial charge in [0.05, 0.1) is 24.2 Å². The average Bonchev–Trinajstić information content (AvgIpc) is 3.39. The number of nitrogens with zero attached hydrogens (tertiary/aromatic N) is 4. The number of halogens is 4. The van der Waals surface area contributed by atoms with Crippen LogP contribution >= 0.6 is 11.6 Å². The summed E-state index contributed by atoms with van der Waals surface area (Å²) in [5.74, 6) is -2.54. The van der Waals surface area contributed by atoms with Crippen molar-refractivity contribution < 1.29 is 27.9 Å². The minimum atomic E-state index is -5.08. The highest BCUT2D eigenvalue weighted by Gasteiger charge is 2.38. The SMILES string of the molecule is O=C(CN1CCCC1Cn1nc(Cc2ccc(Cl)cc2)c2ccccc2c1=O)N1CCCCC1.O=C(O)C(F)(F)F. The van der Waals surface area contributed by atoms with Crippen molar-refractivity contribution in [2.24, 2.45) is 0 Å². The van der Waals surface area contributed by atoms with Crippen molar-refractivity contribution in [2.45, 2.75) is 57.3 Å². The maximum absolute atomic E-state index is 13.3. The lowest BCUT2D eigenvalue weighted by molar-refractivity contribution is -0.192. The van der Waals surface area contributed by atoms with Crippen LogP contribution in [0.4, 0.5) is 13.2 Å².